The van der Waals surface area contributed by atoms with E-state index in [0.29, 0.717) is 23.2 Å². The number of rotatable bonds is 5. The van der Waals surface area contributed by atoms with Crippen molar-refractivity contribution in [3.05, 3.63) is 65.2 Å². The molecular weight excluding hydrogens is 360 g/mol. The number of nitrogens with one attached hydrogen (secondary N) is 1. The van der Waals surface area contributed by atoms with Crippen LogP contribution < -0.4 is 5.32 Å². The number of hydrogen-bond donors (Lipinski definition) is 1. The molecule has 1 heterocycles. The predicted octanol–water partition coefficient (Wildman–Crippen LogP) is 3.80. The van der Waals surface area contributed by atoms with Crippen molar-refractivity contribution in [2.45, 2.75) is 32.8 Å². The van der Waals surface area contributed by atoms with Crippen LogP contribution in [0.4, 0.5) is 10.5 Å². The number of carbonyl (C=O) groups is 3. The third-order valence-electron chi connectivity index (χ3n) is 3.97. The third kappa shape index (κ3) is 4.55. The normalized spacial score (nSPS) is 13.5. The fraction of sp³-hybridized carbons (Fsp3) is 0.286. The highest BCUT2D eigenvalue weighted by molar-refractivity contribution is 6.20. The number of imide groups is 1. The van der Waals surface area contributed by atoms with Gasteiger partial charge < -0.3 is 4.74 Å². The second-order valence-electron chi connectivity index (χ2n) is 7.36. The van der Waals surface area contributed by atoms with E-state index in [1.807, 2.05) is 12.1 Å². The van der Waals surface area contributed by atoms with Gasteiger partial charge in [-0.1, -0.05) is 24.3 Å². The minimum absolute atomic E-state index is 0.171. The highest BCUT2D eigenvalue weighted by atomic mass is 16.7. The number of benzene rings is 2. The Morgan fingerprint density at radius 2 is 1.54 bits per heavy atom. The molecule has 2 aromatic carbocycles. The van der Waals surface area contributed by atoms with E-state index in [0.717, 1.165) is 10.6 Å². The molecule has 0 saturated heterocycles. The molecule has 0 aromatic heterocycles. The molecule has 7 heteroatoms. The lowest BCUT2D eigenvalue weighted by atomic mass is 10.1. The van der Waals surface area contributed by atoms with E-state index in [4.69, 9.17) is 9.57 Å². The lowest BCUT2D eigenvalue weighted by molar-refractivity contribution is -0.0902. The Hall–Kier alpha value is -3.19. The molecule has 1 N–H and O–H groups in total. The van der Waals surface area contributed by atoms with E-state index in [-0.39, 0.29) is 6.61 Å². The summed E-state index contributed by atoms with van der Waals surface area (Å²) in [5.74, 6) is -0.894. The van der Waals surface area contributed by atoms with Crippen LogP contribution in [0.3, 0.4) is 0 Å². The van der Waals surface area contributed by atoms with Gasteiger partial charge >= 0.3 is 6.09 Å². The third-order valence-corrected chi connectivity index (χ3v) is 3.97. The SMILES string of the molecule is CC(C)(C)OC(=O)Nc1ccc(CCON2C(=O)c3ccccc3C2=O)cc1. The molecule has 146 valence electrons. The molecule has 0 aliphatic carbocycles. The maximum absolute atomic E-state index is 12.2. The van der Waals surface area contributed by atoms with Crippen molar-refractivity contribution in [3.63, 3.8) is 0 Å². The monoisotopic (exact) mass is 382 g/mol. The maximum atomic E-state index is 12.2. The van der Waals surface area contributed by atoms with Gasteiger partial charge in [0.1, 0.15) is 5.60 Å². The van der Waals surface area contributed by atoms with Crippen LogP contribution in [0, 0.1) is 0 Å². The van der Waals surface area contributed by atoms with Crippen molar-refractivity contribution in [1.82, 2.24) is 5.06 Å². The van der Waals surface area contributed by atoms with Crippen LogP contribution in [0.2, 0.25) is 0 Å². The van der Waals surface area contributed by atoms with Crippen LogP contribution in [-0.4, -0.2) is 35.2 Å². The first-order valence-corrected chi connectivity index (χ1v) is 8.94. The molecule has 0 fully saturated rings. The Morgan fingerprint density at radius 1 is 0.964 bits per heavy atom. The molecule has 0 spiro atoms. The first-order chi connectivity index (χ1) is 13.2. The van der Waals surface area contributed by atoms with Gasteiger partial charge in [0.25, 0.3) is 11.8 Å². The summed E-state index contributed by atoms with van der Waals surface area (Å²) in [5, 5.41) is 3.47. The first-order valence-electron chi connectivity index (χ1n) is 8.94. The van der Waals surface area contributed by atoms with Gasteiger partial charge in [-0.3, -0.25) is 19.7 Å². The van der Waals surface area contributed by atoms with E-state index in [1.54, 1.807) is 57.2 Å². The number of ether oxygens (including phenoxy) is 1. The summed E-state index contributed by atoms with van der Waals surface area (Å²) in [4.78, 5) is 41.6. The molecule has 0 atom stereocenters. The largest absolute Gasteiger partial charge is 0.444 e. The lowest BCUT2D eigenvalue weighted by Crippen LogP contribution is -2.30. The van der Waals surface area contributed by atoms with Gasteiger partial charge in [0.05, 0.1) is 17.7 Å². The van der Waals surface area contributed by atoms with Crippen LogP contribution in [0.15, 0.2) is 48.5 Å². The highest BCUT2D eigenvalue weighted by Crippen LogP contribution is 2.22. The van der Waals surface area contributed by atoms with E-state index in [9.17, 15) is 14.4 Å². The van der Waals surface area contributed by atoms with Gasteiger partial charge in [-0.05, 0) is 57.0 Å². The number of carbonyl (C=O) groups excluding carboxylic acids is 3. The first kappa shape index (κ1) is 19.6. The van der Waals surface area contributed by atoms with Crippen molar-refractivity contribution in [3.8, 4) is 0 Å². The molecule has 28 heavy (non-hydrogen) atoms. The van der Waals surface area contributed by atoms with Crippen molar-refractivity contribution in [1.29, 1.82) is 0 Å². The van der Waals surface area contributed by atoms with Gasteiger partial charge in [0.2, 0.25) is 0 Å². The second-order valence-corrected chi connectivity index (χ2v) is 7.36. The standard InChI is InChI=1S/C21H22N2O5/c1-21(2,3)28-20(26)22-15-10-8-14(9-11-15)12-13-27-23-18(24)16-6-4-5-7-17(16)19(23)25/h4-11H,12-13H2,1-3H3,(H,22,26). The maximum Gasteiger partial charge on any atom is 0.412 e. The molecule has 7 nitrogen and oxygen atoms in total. The van der Waals surface area contributed by atoms with E-state index in [2.05, 4.69) is 5.32 Å². The summed E-state index contributed by atoms with van der Waals surface area (Å²) in [6, 6.07) is 13.8. The zero-order chi connectivity index (χ0) is 20.3. The molecule has 3 amide bonds. The van der Waals surface area contributed by atoms with Crippen LogP contribution in [0.1, 0.15) is 47.1 Å². The Bertz CT molecular complexity index is 865. The topological polar surface area (TPSA) is 84.9 Å². The van der Waals surface area contributed by atoms with E-state index < -0.39 is 23.5 Å². The smallest absolute Gasteiger partial charge is 0.412 e. The summed E-state index contributed by atoms with van der Waals surface area (Å²) in [7, 11) is 0. The Morgan fingerprint density at radius 3 is 2.07 bits per heavy atom. The number of hydrogen-bond acceptors (Lipinski definition) is 5. The minimum Gasteiger partial charge on any atom is -0.444 e. The number of hydroxylamine groups is 2. The summed E-state index contributed by atoms with van der Waals surface area (Å²) >= 11 is 0. The molecule has 0 radical (unpaired) electrons. The van der Waals surface area contributed by atoms with Crippen LogP contribution in [-0.2, 0) is 16.0 Å². The number of anilines is 1. The Balaban J connectivity index is 1.50. The van der Waals surface area contributed by atoms with Gasteiger partial charge in [-0.2, -0.15) is 0 Å². The quantitative estimate of drug-likeness (QED) is 0.795. The zero-order valence-corrected chi connectivity index (χ0v) is 16.0. The van der Waals surface area contributed by atoms with Crippen molar-refractivity contribution in [2.75, 3.05) is 11.9 Å². The summed E-state index contributed by atoms with van der Waals surface area (Å²) in [6.07, 6.45) is -0.0191. The highest BCUT2D eigenvalue weighted by Gasteiger charge is 2.36. The van der Waals surface area contributed by atoms with Crippen molar-refractivity contribution >= 4 is 23.6 Å². The predicted molar refractivity (Wildman–Crippen MR) is 103 cm³/mol. The fourth-order valence-corrected chi connectivity index (χ4v) is 2.72. The number of nitrogens with zero attached hydrogens (tertiary/aromatic N) is 1. The Kier molecular flexibility index (Phi) is 5.46. The van der Waals surface area contributed by atoms with Gasteiger partial charge in [0.15, 0.2) is 0 Å². The van der Waals surface area contributed by atoms with Crippen molar-refractivity contribution < 1.29 is 24.0 Å². The lowest BCUT2D eigenvalue weighted by Gasteiger charge is -2.19. The molecular formula is C21H22N2O5. The Labute approximate surface area is 163 Å². The molecule has 2 aromatic rings. The van der Waals surface area contributed by atoms with E-state index in [1.165, 1.54) is 0 Å². The molecule has 3 rings (SSSR count). The molecule has 1 aliphatic rings. The number of amides is 3. The average Bonchev–Trinajstić information content (AvgIpc) is 2.87. The summed E-state index contributed by atoms with van der Waals surface area (Å²) in [6.45, 7) is 5.56. The summed E-state index contributed by atoms with van der Waals surface area (Å²) < 4.78 is 5.20. The fourth-order valence-electron chi connectivity index (χ4n) is 2.72. The summed E-state index contributed by atoms with van der Waals surface area (Å²) in [5.41, 5.74) is 1.69. The molecule has 0 saturated carbocycles. The van der Waals surface area contributed by atoms with Crippen molar-refractivity contribution in [2.24, 2.45) is 0 Å². The van der Waals surface area contributed by atoms with Gasteiger partial charge in [0, 0.05) is 5.69 Å². The van der Waals surface area contributed by atoms with Crippen LogP contribution >= 0.6 is 0 Å². The van der Waals surface area contributed by atoms with Gasteiger partial charge in [-0.15, -0.1) is 5.06 Å². The molecule has 0 bridgehead atoms. The van der Waals surface area contributed by atoms with E-state index >= 15 is 0 Å². The van der Waals surface area contributed by atoms with Crippen LogP contribution in [0.5, 0.6) is 0 Å². The zero-order valence-electron chi connectivity index (χ0n) is 16.0. The number of fused-ring (bicyclic) bond motifs is 1. The minimum atomic E-state index is -0.564. The van der Waals surface area contributed by atoms with Gasteiger partial charge in [-0.25, -0.2) is 4.79 Å². The van der Waals surface area contributed by atoms with Crippen LogP contribution in [0.25, 0.3) is 0 Å². The average molecular weight is 382 g/mol. The molecule has 1 aliphatic heterocycles. The molecule has 0 unspecified atom stereocenters. The second kappa shape index (κ2) is 7.82.